The van der Waals surface area contributed by atoms with Crippen molar-refractivity contribution in [3.05, 3.63) is 0 Å². The van der Waals surface area contributed by atoms with Crippen molar-refractivity contribution in [2.45, 2.75) is 85.9 Å². The van der Waals surface area contributed by atoms with Crippen LogP contribution in [-0.4, -0.2) is 78.6 Å². The molecule has 0 aromatic rings. The Balaban J connectivity index is 1.16. The van der Waals surface area contributed by atoms with Crippen LogP contribution in [0.25, 0.3) is 0 Å². The van der Waals surface area contributed by atoms with Gasteiger partial charge in [-0.2, -0.15) is 0 Å². The Morgan fingerprint density at radius 2 is 1.90 bits per heavy atom. The fourth-order valence-electron chi connectivity index (χ4n) is 5.28. The molecule has 0 aromatic heterocycles. The summed E-state index contributed by atoms with van der Waals surface area (Å²) < 4.78 is 24.5. The maximum atomic E-state index is 13.7. The van der Waals surface area contributed by atoms with Gasteiger partial charge in [0.05, 0.1) is 11.5 Å². The summed E-state index contributed by atoms with van der Waals surface area (Å²) in [5.41, 5.74) is 2.65. The SMILES string of the molecule is COC1CC(C(=O)NC23CC(NC(=O)COC4CCC(Cl)C(F)C4)(C2)C3)N(C)N1. The highest BCUT2D eigenvalue weighted by Gasteiger charge is 2.69. The minimum absolute atomic E-state index is 0.0156. The number of methoxy groups -OCH3 is 1. The van der Waals surface area contributed by atoms with Gasteiger partial charge in [-0.1, -0.05) is 0 Å². The molecule has 4 aliphatic carbocycles. The quantitative estimate of drug-likeness (QED) is 0.510. The van der Waals surface area contributed by atoms with Crippen molar-refractivity contribution in [3.63, 3.8) is 0 Å². The number of amides is 2. The number of carbonyl (C=O) groups excluding carboxylic acids is 2. The molecule has 164 valence electrons. The number of likely N-dealkylation sites (N-methyl/N-ethyl adjacent to an activating group) is 1. The molecule has 1 saturated heterocycles. The standard InChI is InChI=1S/C19H30ClFN4O4/c1-25-14(6-16(24-25)28-2)17(27)23-19-8-18(9-19,10-19)22-15(26)7-29-11-3-4-12(20)13(21)5-11/h11-14,16,24H,3-10H2,1-2H3,(H,22,26)(H,23,27). The van der Waals surface area contributed by atoms with Crippen LogP contribution < -0.4 is 16.1 Å². The van der Waals surface area contributed by atoms with E-state index < -0.39 is 11.5 Å². The molecule has 5 rings (SSSR count). The summed E-state index contributed by atoms with van der Waals surface area (Å²) in [6.07, 6.45) is 2.81. The van der Waals surface area contributed by atoms with Crippen LogP contribution in [0.2, 0.25) is 0 Å². The number of ether oxygens (including phenoxy) is 2. The number of hydrogen-bond acceptors (Lipinski definition) is 6. The molecule has 3 N–H and O–H groups in total. The van der Waals surface area contributed by atoms with Gasteiger partial charge < -0.3 is 20.1 Å². The molecule has 10 heteroatoms. The van der Waals surface area contributed by atoms with Crippen LogP contribution in [0.15, 0.2) is 0 Å². The predicted octanol–water partition coefficient (Wildman–Crippen LogP) is 0.590. The zero-order valence-electron chi connectivity index (χ0n) is 16.9. The van der Waals surface area contributed by atoms with Crippen LogP contribution in [0, 0.1) is 0 Å². The predicted molar refractivity (Wildman–Crippen MR) is 104 cm³/mol. The molecule has 1 aliphatic heterocycles. The third-order valence-corrected chi connectivity index (χ3v) is 7.25. The van der Waals surface area contributed by atoms with Crippen LogP contribution in [0.3, 0.4) is 0 Å². The van der Waals surface area contributed by atoms with Gasteiger partial charge in [0.25, 0.3) is 0 Å². The molecule has 2 amide bonds. The lowest BCUT2D eigenvalue weighted by Crippen LogP contribution is -2.84. The van der Waals surface area contributed by atoms with Crippen molar-refractivity contribution in [1.82, 2.24) is 21.1 Å². The Morgan fingerprint density at radius 3 is 2.52 bits per heavy atom. The first-order chi connectivity index (χ1) is 13.7. The van der Waals surface area contributed by atoms with Crippen molar-refractivity contribution < 1.29 is 23.5 Å². The molecule has 5 aliphatic rings. The number of nitrogens with zero attached hydrogens (tertiary/aromatic N) is 1. The molecule has 4 saturated carbocycles. The average Bonchev–Trinajstić information content (AvgIpc) is 3.01. The summed E-state index contributed by atoms with van der Waals surface area (Å²) in [7, 11) is 3.44. The zero-order valence-corrected chi connectivity index (χ0v) is 17.6. The van der Waals surface area contributed by atoms with Crippen molar-refractivity contribution >= 4 is 23.4 Å². The Bertz CT molecular complexity index is 648. The smallest absolute Gasteiger partial charge is 0.246 e. The van der Waals surface area contributed by atoms with Crippen LogP contribution in [0.5, 0.6) is 0 Å². The second-order valence-electron chi connectivity index (χ2n) is 9.12. The minimum atomic E-state index is -1.08. The van der Waals surface area contributed by atoms with Gasteiger partial charge in [-0.3, -0.25) is 9.59 Å². The summed E-state index contributed by atoms with van der Waals surface area (Å²) in [5, 5.41) is 7.52. The molecule has 2 bridgehead atoms. The normalized spacial score (nSPS) is 43.9. The Morgan fingerprint density at radius 1 is 1.21 bits per heavy atom. The summed E-state index contributed by atoms with van der Waals surface area (Å²) >= 11 is 5.87. The van der Waals surface area contributed by atoms with Gasteiger partial charge in [0.2, 0.25) is 11.8 Å². The number of carbonyl (C=O) groups is 2. The van der Waals surface area contributed by atoms with Crippen molar-refractivity contribution in [2.24, 2.45) is 0 Å². The molecule has 1 heterocycles. The summed E-state index contributed by atoms with van der Waals surface area (Å²) in [5.74, 6) is -0.200. The van der Waals surface area contributed by atoms with Gasteiger partial charge in [0.1, 0.15) is 25.0 Å². The van der Waals surface area contributed by atoms with E-state index in [0.717, 1.165) is 19.3 Å². The van der Waals surface area contributed by atoms with Crippen LogP contribution >= 0.6 is 11.6 Å². The van der Waals surface area contributed by atoms with E-state index >= 15 is 0 Å². The van der Waals surface area contributed by atoms with Gasteiger partial charge in [-0.05, 0) is 32.1 Å². The highest BCUT2D eigenvalue weighted by Crippen LogP contribution is 2.60. The second-order valence-corrected chi connectivity index (χ2v) is 9.68. The van der Waals surface area contributed by atoms with E-state index in [0.29, 0.717) is 19.3 Å². The van der Waals surface area contributed by atoms with E-state index in [1.165, 1.54) is 0 Å². The number of hydrogen-bond donors (Lipinski definition) is 3. The number of rotatable bonds is 7. The van der Waals surface area contributed by atoms with Gasteiger partial charge in [0, 0.05) is 38.1 Å². The van der Waals surface area contributed by atoms with Crippen LogP contribution in [-0.2, 0) is 19.1 Å². The highest BCUT2D eigenvalue weighted by atomic mass is 35.5. The monoisotopic (exact) mass is 432 g/mol. The van der Waals surface area contributed by atoms with E-state index in [-0.39, 0.29) is 54.3 Å². The first-order valence-corrected chi connectivity index (χ1v) is 10.7. The van der Waals surface area contributed by atoms with E-state index in [1.807, 2.05) is 7.05 Å². The topological polar surface area (TPSA) is 91.9 Å². The van der Waals surface area contributed by atoms with E-state index in [4.69, 9.17) is 21.1 Å². The zero-order chi connectivity index (χ0) is 20.8. The first-order valence-electron chi connectivity index (χ1n) is 10.3. The fraction of sp³-hybridized carbons (Fsp3) is 0.895. The molecule has 5 atom stereocenters. The molecule has 8 nitrogen and oxygen atoms in total. The second kappa shape index (κ2) is 7.92. The van der Waals surface area contributed by atoms with Crippen molar-refractivity contribution in [2.75, 3.05) is 20.8 Å². The maximum Gasteiger partial charge on any atom is 0.246 e. The van der Waals surface area contributed by atoms with E-state index in [9.17, 15) is 14.0 Å². The molecular formula is C19H30ClFN4O4. The number of alkyl halides is 2. The summed E-state index contributed by atoms with van der Waals surface area (Å²) in [4.78, 5) is 24.8. The van der Waals surface area contributed by atoms with Gasteiger partial charge in [-0.25, -0.2) is 14.8 Å². The first kappa shape index (κ1) is 21.2. The van der Waals surface area contributed by atoms with Crippen LogP contribution in [0.1, 0.15) is 44.9 Å². The fourth-order valence-corrected chi connectivity index (χ4v) is 5.51. The Hall–Kier alpha value is -1.00. The lowest BCUT2D eigenvalue weighted by molar-refractivity contribution is -0.155. The largest absolute Gasteiger partial charge is 0.368 e. The Kier molecular flexibility index (Phi) is 5.80. The lowest BCUT2D eigenvalue weighted by atomic mass is 9.44. The van der Waals surface area contributed by atoms with Gasteiger partial charge >= 0.3 is 0 Å². The van der Waals surface area contributed by atoms with Crippen molar-refractivity contribution in [1.29, 1.82) is 0 Å². The third kappa shape index (κ3) is 4.25. The summed E-state index contributed by atoms with van der Waals surface area (Å²) in [6.45, 7) is -0.0671. The molecule has 0 spiro atoms. The van der Waals surface area contributed by atoms with Crippen LogP contribution in [0.4, 0.5) is 4.39 Å². The van der Waals surface area contributed by atoms with Gasteiger partial charge in [-0.15, -0.1) is 11.6 Å². The average molecular weight is 433 g/mol. The molecule has 0 aromatic carbocycles. The minimum Gasteiger partial charge on any atom is -0.368 e. The molecule has 5 fully saturated rings. The molecule has 0 radical (unpaired) electrons. The molecule has 5 unspecified atom stereocenters. The Labute approximate surface area is 175 Å². The number of hydrazine groups is 1. The molecular weight excluding hydrogens is 403 g/mol. The lowest BCUT2D eigenvalue weighted by Gasteiger charge is -2.70. The third-order valence-electron chi connectivity index (χ3n) is 6.76. The number of nitrogens with one attached hydrogen (secondary N) is 3. The summed E-state index contributed by atoms with van der Waals surface area (Å²) in [6, 6.07) is -0.268. The van der Waals surface area contributed by atoms with Crippen molar-refractivity contribution in [3.8, 4) is 0 Å². The molecule has 29 heavy (non-hydrogen) atoms. The van der Waals surface area contributed by atoms with Gasteiger partial charge in [0.15, 0.2) is 0 Å². The number of halogens is 2. The van der Waals surface area contributed by atoms with E-state index in [1.54, 1.807) is 12.1 Å². The van der Waals surface area contributed by atoms with E-state index in [2.05, 4.69) is 16.1 Å². The highest BCUT2D eigenvalue weighted by molar-refractivity contribution is 6.21. The maximum absolute atomic E-state index is 13.7.